The average Bonchev–Trinajstić information content (AvgIpc) is 2.41. The number of hydrogen-bond acceptors (Lipinski definition) is 3. The van der Waals surface area contributed by atoms with Gasteiger partial charge in [-0.2, -0.15) is 0 Å². The molecule has 1 aliphatic heterocycles. The molecule has 1 aromatic heterocycles. The number of pyridine rings is 1. The van der Waals surface area contributed by atoms with E-state index in [0.29, 0.717) is 6.04 Å². The van der Waals surface area contributed by atoms with Crippen LogP contribution in [0.2, 0.25) is 0 Å². The van der Waals surface area contributed by atoms with Crippen molar-refractivity contribution in [1.82, 2.24) is 9.88 Å². The van der Waals surface area contributed by atoms with Crippen LogP contribution in [-0.2, 0) is 4.79 Å². The number of carbonyl (C=O) groups is 1. The Kier molecular flexibility index (Phi) is 4.20. The summed E-state index contributed by atoms with van der Waals surface area (Å²) in [6.45, 7) is 5.20. The maximum atomic E-state index is 12.6. The molecule has 1 fully saturated rings. The van der Waals surface area contributed by atoms with E-state index < -0.39 is 0 Å². The van der Waals surface area contributed by atoms with Crippen molar-refractivity contribution in [3.8, 4) is 0 Å². The molecular formula is C15H23N3O. The molecule has 2 atom stereocenters. The van der Waals surface area contributed by atoms with Gasteiger partial charge in [-0.1, -0.05) is 0 Å². The Balaban J connectivity index is 2.10. The van der Waals surface area contributed by atoms with Gasteiger partial charge in [0.15, 0.2) is 0 Å². The second kappa shape index (κ2) is 5.70. The van der Waals surface area contributed by atoms with Crippen molar-refractivity contribution in [2.24, 2.45) is 5.92 Å². The molecule has 0 N–H and O–H groups in total. The van der Waals surface area contributed by atoms with Gasteiger partial charge in [0.05, 0.1) is 11.9 Å². The van der Waals surface area contributed by atoms with Crippen LogP contribution in [0.3, 0.4) is 0 Å². The molecule has 2 heterocycles. The van der Waals surface area contributed by atoms with Gasteiger partial charge in [-0.25, -0.2) is 0 Å². The molecule has 1 amide bonds. The number of aryl methyl sites for hydroxylation is 1. The lowest BCUT2D eigenvalue weighted by Gasteiger charge is -2.36. The first-order chi connectivity index (χ1) is 9.00. The molecule has 0 aliphatic carbocycles. The highest BCUT2D eigenvalue weighted by atomic mass is 16.2. The van der Waals surface area contributed by atoms with Crippen LogP contribution in [0.25, 0.3) is 0 Å². The van der Waals surface area contributed by atoms with E-state index in [9.17, 15) is 4.79 Å². The van der Waals surface area contributed by atoms with Crippen molar-refractivity contribution in [1.29, 1.82) is 0 Å². The first-order valence-electron chi connectivity index (χ1n) is 6.89. The lowest BCUT2D eigenvalue weighted by Crippen LogP contribution is -2.44. The summed E-state index contributed by atoms with van der Waals surface area (Å²) in [7, 11) is 3.98. The van der Waals surface area contributed by atoms with Gasteiger partial charge < -0.3 is 9.80 Å². The molecule has 1 saturated heterocycles. The molecule has 2 rings (SSSR count). The Morgan fingerprint density at radius 2 is 2.26 bits per heavy atom. The van der Waals surface area contributed by atoms with E-state index >= 15 is 0 Å². The van der Waals surface area contributed by atoms with Gasteiger partial charge in [0.25, 0.3) is 0 Å². The first kappa shape index (κ1) is 14.0. The molecule has 0 radical (unpaired) electrons. The Bertz CT molecular complexity index is 460. The fraction of sp³-hybridized carbons (Fsp3) is 0.600. The Morgan fingerprint density at radius 1 is 1.53 bits per heavy atom. The SMILES string of the molecule is Cc1ccncc1N(C)C(=O)[C@H]1CCN(C)[C@@H](C)C1. The summed E-state index contributed by atoms with van der Waals surface area (Å²) in [5.74, 6) is 0.354. The molecule has 0 spiro atoms. The van der Waals surface area contributed by atoms with Crippen LogP contribution in [-0.4, -0.2) is 42.5 Å². The lowest BCUT2D eigenvalue weighted by molar-refractivity contribution is -0.124. The molecule has 0 bridgehead atoms. The summed E-state index contributed by atoms with van der Waals surface area (Å²) in [6.07, 6.45) is 5.42. The highest BCUT2D eigenvalue weighted by Crippen LogP contribution is 2.26. The normalized spacial score (nSPS) is 24.2. The number of nitrogens with zero attached hydrogens (tertiary/aromatic N) is 3. The zero-order valence-corrected chi connectivity index (χ0v) is 12.3. The number of rotatable bonds is 2. The minimum atomic E-state index is 0.135. The van der Waals surface area contributed by atoms with Crippen LogP contribution in [0.1, 0.15) is 25.3 Å². The Labute approximate surface area is 115 Å². The number of piperidine rings is 1. The van der Waals surface area contributed by atoms with E-state index in [1.54, 1.807) is 17.3 Å². The molecule has 1 aromatic rings. The standard InChI is InChI=1S/C15H23N3O/c1-11-5-7-16-10-14(11)18(4)15(19)13-6-8-17(3)12(2)9-13/h5,7,10,12-13H,6,8-9H2,1-4H3/t12-,13-/m0/s1. The minimum Gasteiger partial charge on any atom is -0.314 e. The smallest absolute Gasteiger partial charge is 0.229 e. The fourth-order valence-corrected chi connectivity index (χ4v) is 2.71. The van der Waals surface area contributed by atoms with Crippen molar-refractivity contribution in [3.05, 3.63) is 24.0 Å². The number of likely N-dealkylation sites (tertiary alicyclic amines) is 1. The van der Waals surface area contributed by atoms with E-state index in [4.69, 9.17) is 0 Å². The summed E-state index contributed by atoms with van der Waals surface area (Å²) >= 11 is 0. The van der Waals surface area contributed by atoms with E-state index in [2.05, 4.69) is 23.9 Å². The van der Waals surface area contributed by atoms with Gasteiger partial charge in [-0.15, -0.1) is 0 Å². The molecule has 4 heteroatoms. The summed E-state index contributed by atoms with van der Waals surface area (Å²) in [6, 6.07) is 2.42. The minimum absolute atomic E-state index is 0.135. The number of anilines is 1. The maximum absolute atomic E-state index is 12.6. The van der Waals surface area contributed by atoms with E-state index in [1.165, 1.54) is 0 Å². The zero-order chi connectivity index (χ0) is 14.0. The highest BCUT2D eigenvalue weighted by molar-refractivity contribution is 5.95. The second-order valence-electron chi connectivity index (χ2n) is 5.61. The molecule has 0 unspecified atom stereocenters. The second-order valence-corrected chi connectivity index (χ2v) is 5.61. The highest BCUT2D eigenvalue weighted by Gasteiger charge is 2.30. The van der Waals surface area contributed by atoms with E-state index in [0.717, 1.165) is 30.6 Å². The molecule has 104 valence electrons. The largest absolute Gasteiger partial charge is 0.314 e. The van der Waals surface area contributed by atoms with Gasteiger partial charge in [-0.05, 0) is 51.9 Å². The lowest BCUT2D eigenvalue weighted by atomic mass is 9.90. The average molecular weight is 261 g/mol. The monoisotopic (exact) mass is 261 g/mol. The van der Waals surface area contributed by atoms with Crippen LogP contribution < -0.4 is 4.90 Å². The van der Waals surface area contributed by atoms with Crippen molar-refractivity contribution < 1.29 is 4.79 Å². The Hall–Kier alpha value is -1.42. The molecular weight excluding hydrogens is 238 g/mol. The van der Waals surface area contributed by atoms with Crippen LogP contribution >= 0.6 is 0 Å². The van der Waals surface area contributed by atoms with E-state index in [-0.39, 0.29) is 11.8 Å². The first-order valence-corrected chi connectivity index (χ1v) is 6.89. The molecule has 0 saturated carbocycles. The van der Waals surface area contributed by atoms with Crippen LogP contribution in [0.4, 0.5) is 5.69 Å². The molecule has 1 aliphatic rings. The number of aromatic nitrogens is 1. The number of hydrogen-bond donors (Lipinski definition) is 0. The van der Waals surface area contributed by atoms with Gasteiger partial charge >= 0.3 is 0 Å². The molecule has 19 heavy (non-hydrogen) atoms. The van der Waals surface area contributed by atoms with Crippen molar-refractivity contribution >= 4 is 11.6 Å². The van der Waals surface area contributed by atoms with Gasteiger partial charge in [0, 0.05) is 25.2 Å². The van der Waals surface area contributed by atoms with E-state index in [1.807, 2.05) is 20.0 Å². The molecule has 4 nitrogen and oxygen atoms in total. The Morgan fingerprint density at radius 3 is 2.89 bits per heavy atom. The van der Waals surface area contributed by atoms with Gasteiger partial charge in [-0.3, -0.25) is 9.78 Å². The van der Waals surface area contributed by atoms with Gasteiger partial charge in [0.1, 0.15) is 0 Å². The summed E-state index contributed by atoms with van der Waals surface area (Å²) < 4.78 is 0. The summed E-state index contributed by atoms with van der Waals surface area (Å²) in [5.41, 5.74) is 2.01. The predicted molar refractivity (Wildman–Crippen MR) is 77.2 cm³/mol. The van der Waals surface area contributed by atoms with Crippen LogP contribution in [0, 0.1) is 12.8 Å². The van der Waals surface area contributed by atoms with Crippen molar-refractivity contribution in [3.63, 3.8) is 0 Å². The number of carbonyl (C=O) groups excluding carboxylic acids is 1. The van der Waals surface area contributed by atoms with Crippen LogP contribution in [0.5, 0.6) is 0 Å². The summed E-state index contributed by atoms with van der Waals surface area (Å²) in [4.78, 5) is 20.8. The molecule has 0 aromatic carbocycles. The van der Waals surface area contributed by atoms with Crippen molar-refractivity contribution in [2.45, 2.75) is 32.7 Å². The topological polar surface area (TPSA) is 36.4 Å². The van der Waals surface area contributed by atoms with Crippen LogP contribution in [0.15, 0.2) is 18.5 Å². The fourth-order valence-electron chi connectivity index (χ4n) is 2.71. The maximum Gasteiger partial charge on any atom is 0.229 e. The third kappa shape index (κ3) is 2.95. The van der Waals surface area contributed by atoms with Crippen molar-refractivity contribution in [2.75, 3.05) is 25.5 Å². The third-order valence-electron chi connectivity index (χ3n) is 4.26. The van der Waals surface area contributed by atoms with Gasteiger partial charge in [0.2, 0.25) is 5.91 Å². The number of amides is 1. The predicted octanol–water partition coefficient (Wildman–Crippen LogP) is 2.08. The zero-order valence-electron chi connectivity index (χ0n) is 12.3. The third-order valence-corrected chi connectivity index (χ3v) is 4.26. The summed E-state index contributed by atoms with van der Waals surface area (Å²) in [5, 5.41) is 0. The quantitative estimate of drug-likeness (QED) is 0.818.